The third-order valence-electron chi connectivity index (χ3n) is 4.36. The van der Waals surface area contributed by atoms with Gasteiger partial charge in [-0.05, 0) is 40.8 Å². The zero-order valence-corrected chi connectivity index (χ0v) is 16.2. The average molecular weight is 414 g/mol. The summed E-state index contributed by atoms with van der Waals surface area (Å²) in [6.45, 7) is 0. The summed E-state index contributed by atoms with van der Waals surface area (Å²) in [6, 6.07) is 12.2. The number of aromatic nitrogens is 4. The van der Waals surface area contributed by atoms with E-state index in [-0.39, 0.29) is 11.7 Å². The molecular formula is C18H16ClN7O3. The summed E-state index contributed by atoms with van der Waals surface area (Å²) in [5.74, 6) is -0.00562. The molecule has 2 heterocycles. The molecule has 0 aliphatic carbocycles. The number of nitrogens with zero attached hydrogens (tertiary/aromatic N) is 6. The second-order valence-corrected chi connectivity index (χ2v) is 6.54. The van der Waals surface area contributed by atoms with Gasteiger partial charge in [-0.25, -0.2) is 9.67 Å². The number of carbonyl (C=O) groups excluding carboxylic acids is 1. The monoisotopic (exact) mass is 413 g/mol. The molecule has 10 nitrogen and oxygen atoms in total. The minimum Gasteiger partial charge on any atom is -0.495 e. The van der Waals surface area contributed by atoms with Crippen LogP contribution in [0.25, 0.3) is 0 Å². The Hall–Kier alpha value is -3.50. The molecule has 29 heavy (non-hydrogen) atoms. The summed E-state index contributed by atoms with van der Waals surface area (Å²) < 4.78 is 6.49. The Kier molecular flexibility index (Phi) is 4.87. The SMILES string of the molecule is COc1ccc(N2c3ccccc3N=C(C(=O)Nc3nnnn3C)C2O)cc1Cl. The van der Waals surface area contributed by atoms with Crippen LogP contribution in [0.1, 0.15) is 0 Å². The van der Waals surface area contributed by atoms with Crippen LogP contribution in [0.15, 0.2) is 47.5 Å². The molecule has 148 valence electrons. The molecule has 1 unspecified atom stereocenters. The Morgan fingerprint density at radius 1 is 1.28 bits per heavy atom. The fourth-order valence-electron chi connectivity index (χ4n) is 2.96. The molecule has 0 saturated carbocycles. The molecule has 1 amide bonds. The maximum Gasteiger partial charge on any atom is 0.277 e. The largest absolute Gasteiger partial charge is 0.495 e. The molecule has 0 bridgehead atoms. The third-order valence-corrected chi connectivity index (χ3v) is 4.66. The lowest BCUT2D eigenvalue weighted by atomic mass is 10.1. The van der Waals surface area contributed by atoms with Gasteiger partial charge in [0.25, 0.3) is 5.91 Å². The lowest BCUT2D eigenvalue weighted by Gasteiger charge is -2.34. The van der Waals surface area contributed by atoms with Gasteiger partial charge in [0, 0.05) is 12.7 Å². The number of hydrogen-bond donors (Lipinski definition) is 2. The standard InChI is InChI=1S/C18H16ClN7O3/c1-25-18(22-23-24-25)21-16(27)15-17(28)26(13-6-4-3-5-12(13)20-15)10-7-8-14(29-2)11(19)9-10/h3-9,17,28H,1-2H3,(H,21,22,24,27). The predicted octanol–water partition coefficient (Wildman–Crippen LogP) is 2.05. The number of aliphatic hydroxyl groups is 1. The maximum atomic E-state index is 12.8. The second-order valence-electron chi connectivity index (χ2n) is 6.13. The highest BCUT2D eigenvalue weighted by molar-refractivity contribution is 6.46. The normalized spacial score (nSPS) is 15.5. The van der Waals surface area contributed by atoms with E-state index < -0.39 is 12.1 Å². The molecule has 2 N–H and O–H groups in total. The summed E-state index contributed by atoms with van der Waals surface area (Å²) in [6.07, 6.45) is -1.37. The number of halogens is 1. The van der Waals surface area contributed by atoms with Gasteiger partial charge in [0.2, 0.25) is 5.95 Å². The molecule has 0 spiro atoms. The smallest absolute Gasteiger partial charge is 0.277 e. The van der Waals surface area contributed by atoms with Crippen LogP contribution in [-0.2, 0) is 11.8 Å². The van der Waals surface area contributed by atoms with Crippen molar-refractivity contribution in [2.45, 2.75) is 6.23 Å². The minimum atomic E-state index is -1.37. The number of fused-ring (bicyclic) bond motifs is 1. The highest BCUT2D eigenvalue weighted by Gasteiger charge is 2.34. The summed E-state index contributed by atoms with van der Waals surface area (Å²) in [5, 5.41) is 24.8. The Bertz CT molecular complexity index is 1110. The molecule has 2 aromatic carbocycles. The number of nitrogens with one attached hydrogen (secondary N) is 1. The van der Waals surface area contributed by atoms with Gasteiger partial charge in [-0.15, -0.1) is 0 Å². The quantitative estimate of drug-likeness (QED) is 0.672. The first-order valence-electron chi connectivity index (χ1n) is 8.51. The lowest BCUT2D eigenvalue weighted by Crippen LogP contribution is -2.45. The van der Waals surface area contributed by atoms with Gasteiger partial charge in [-0.1, -0.05) is 28.8 Å². The zero-order chi connectivity index (χ0) is 20.5. The van der Waals surface area contributed by atoms with E-state index in [9.17, 15) is 9.90 Å². The van der Waals surface area contributed by atoms with E-state index in [2.05, 4.69) is 25.8 Å². The van der Waals surface area contributed by atoms with E-state index >= 15 is 0 Å². The van der Waals surface area contributed by atoms with Crippen molar-refractivity contribution in [1.82, 2.24) is 20.2 Å². The van der Waals surface area contributed by atoms with Crippen molar-refractivity contribution in [3.8, 4) is 5.75 Å². The van der Waals surface area contributed by atoms with Crippen molar-refractivity contribution in [2.75, 3.05) is 17.3 Å². The van der Waals surface area contributed by atoms with Crippen LogP contribution >= 0.6 is 11.6 Å². The third kappa shape index (κ3) is 3.39. The molecule has 4 rings (SSSR count). The number of aliphatic imine (C=N–C) groups is 1. The Morgan fingerprint density at radius 3 is 2.76 bits per heavy atom. The van der Waals surface area contributed by atoms with Crippen molar-refractivity contribution < 1.29 is 14.6 Å². The number of rotatable bonds is 4. The number of ether oxygens (including phenoxy) is 1. The van der Waals surface area contributed by atoms with Gasteiger partial charge < -0.3 is 14.7 Å². The summed E-state index contributed by atoms with van der Waals surface area (Å²) in [7, 11) is 3.10. The number of aryl methyl sites for hydroxylation is 1. The van der Waals surface area contributed by atoms with Crippen LogP contribution in [0.4, 0.5) is 23.0 Å². The molecule has 0 saturated heterocycles. The van der Waals surface area contributed by atoms with E-state index in [1.54, 1.807) is 48.3 Å². The van der Waals surface area contributed by atoms with Gasteiger partial charge >= 0.3 is 0 Å². The number of anilines is 3. The number of amides is 1. The highest BCUT2D eigenvalue weighted by Crippen LogP contribution is 2.41. The van der Waals surface area contributed by atoms with Crippen LogP contribution in [0.3, 0.4) is 0 Å². The van der Waals surface area contributed by atoms with Crippen LogP contribution in [-0.4, -0.2) is 50.3 Å². The van der Waals surface area contributed by atoms with E-state index in [0.717, 1.165) is 0 Å². The van der Waals surface area contributed by atoms with E-state index in [0.29, 0.717) is 27.8 Å². The molecule has 1 aliphatic rings. The van der Waals surface area contributed by atoms with Crippen LogP contribution < -0.4 is 15.0 Å². The Balaban J connectivity index is 1.75. The first kappa shape index (κ1) is 18.8. The van der Waals surface area contributed by atoms with E-state index in [1.807, 2.05) is 6.07 Å². The van der Waals surface area contributed by atoms with Gasteiger partial charge in [0.15, 0.2) is 11.9 Å². The zero-order valence-electron chi connectivity index (χ0n) is 15.4. The molecule has 1 aromatic heterocycles. The average Bonchev–Trinajstić information content (AvgIpc) is 3.11. The number of benzene rings is 2. The highest BCUT2D eigenvalue weighted by atomic mass is 35.5. The van der Waals surface area contributed by atoms with Gasteiger partial charge in [-0.2, -0.15) is 0 Å². The van der Waals surface area contributed by atoms with Gasteiger partial charge in [0.05, 0.1) is 23.5 Å². The number of methoxy groups -OCH3 is 1. The summed E-state index contributed by atoms with van der Waals surface area (Å²) in [4.78, 5) is 18.7. The molecule has 0 fully saturated rings. The number of hydrogen-bond acceptors (Lipinski definition) is 8. The summed E-state index contributed by atoms with van der Waals surface area (Å²) in [5.41, 5.74) is 1.60. The van der Waals surface area contributed by atoms with Crippen LogP contribution in [0.2, 0.25) is 5.02 Å². The fraction of sp³-hybridized carbons (Fsp3) is 0.167. The van der Waals surface area contributed by atoms with Crippen molar-refractivity contribution >= 4 is 46.2 Å². The van der Waals surface area contributed by atoms with Crippen molar-refractivity contribution in [3.05, 3.63) is 47.5 Å². The predicted molar refractivity (Wildman–Crippen MR) is 107 cm³/mol. The topological polar surface area (TPSA) is 118 Å². The van der Waals surface area contributed by atoms with E-state index in [4.69, 9.17) is 16.3 Å². The van der Waals surface area contributed by atoms with Crippen LogP contribution in [0.5, 0.6) is 5.75 Å². The minimum absolute atomic E-state index is 0.112. The molecule has 1 aliphatic heterocycles. The Morgan fingerprint density at radius 2 is 2.07 bits per heavy atom. The molecule has 3 aromatic rings. The van der Waals surface area contributed by atoms with Crippen molar-refractivity contribution in [2.24, 2.45) is 12.0 Å². The first-order valence-corrected chi connectivity index (χ1v) is 8.89. The fourth-order valence-corrected chi connectivity index (χ4v) is 3.21. The first-order chi connectivity index (χ1) is 14.0. The lowest BCUT2D eigenvalue weighted by molar-refractivity contribution is -0.110. The van der Waals surface area contributed by atoms with Crippen LogP contribution in [0, 0.1) is 0 Å². The summed E-state index contributed by atoms with van der Waals surface area (Å²) >= 11 is 6.27. The van der Waals surface area contributed by atoms with Crippen molar-refractivity contribution in [1.29, 1.82) is 0 Å². The molecule has 11 heteroatoms. The maximum absolute atomic E-state index is 12.8. The van der Waals surface area contributed by atoms with E-state index in [1.165, 1.54) is 11.8 Å². The number of para-hydroxylation sites is 2. The van der Waals surface area contributed by atoms with Crippen molar-refractivity contribution in [3.63, 3.8) is 0 Å². The second kappa shape index (κ2) is 7.49. The molecular weight excluding hydrogens is 398 g/mol. The number of aliphatic hydroxyl groups excluding tert-OH is 1. The van der Waals surface area contributed by atoms with Gasteiger partial charge in [0.1, 0.15) is 5.75 Å². The molecule has 1 atom stereocenters. The Labute approximate surface area is 170 Å². The molecule has 0 radical (unpaired) electrons. The number of tetrazole rings is 1. The number of carbonyl (C=O) groups is 1. The van der Waals surface area contributed by atoms with Gasteiger partial charge in [-0.3, -0.25) is 10.1 Å².